The first-order valence-corrected chi connectivity index (χ1v) is 9.86. The second kappa shape index (κ2) is 9.01. The lowest BCUT2D eigenvalue weighted by molar-refractivity contribution is 0.0946. The first kappa shape index (κ1) is 20.1. The smallest absolute Gasteiger partial charge is 0.291 e. The van der Waals surface area contributed by atoms with E-state index in [0.717, 1.165) is 49.2 Å². The largest absolute Gasteiger partial charge is 0.351 e. The maximum atomic E-state index is 12.8. The molecular formula is C21H29N5O2. The highest BCUT2D eigenvalue weighted by Gasteiger charge is 2.27. The molecule has 3 rings (SSSR count). The lowest BCUT2D eigenvalue weighted by Gasteiger charge is -2.17. The second-order valence-corrected chi connectivity index (χ2v) is 7.58. The summed E-state index contributed by atoms with van der Waals surface area (Å²) < 4.78 is 1.91. The van der Waals surface area contributed by atoms with Crippen molar-refractivity contribution in [1.82, 2.24) is 19.8 Å². The van der Waals surface area contributed by atoms with E-state index in [-0.39, 0.29) is 11.8 Å². The Morgan fingerprint density at radius 2 is 2.04 bits per heavy atom. The molecule has 0 unspecified atom stereocenters. The molecule has 1 aliphatic rings. The molecule has 0 radical (unpaired) electrons. The number of fused-ring (bicyclic) bond motifs is 1. The summed E-state index contributed by atoms with van der Waals surface area (Å²) in [7, 11) is 4.01. The third-order valence-electron chi connectivity index (χ3n) is 4.88. The van der Waals surface area contributed by atoms with Crippen molar-refractivity contribution in [3.05, 3.63) is 47.0 Å². The third kappa shape index (κ3) is 4.78. The maximum absolute atomic E-state index is 12.8. The van der Waals surface area contributed by atoms with E-state index >= 15 is 0 Å². The van der Waals surface area contributed by atoms with Gasteiger partial charge in [-0.2, -0.15) is 0 Å². The lowest BCUT2D eigenvalue weighted by Crippen LogP contribution is -2.28. The van der Waals surface area contributed by atoms with Crippen LogP contribution in [0.25, 0.3) is 0 Å². The topological polar surface area (TPSA) is 79.3 Å². The van der Waals surface area contributed by atoms with E-state index in [9.17, 15) is 9.59 Å². The van der Waals surface area contributed by atoms with Crippen LogP contribution in [-0.4, -0.2) is 53.5 Å². The van der Waals surface area contributed by atoms with Crippen molar-refractivity contribution in [2.75, 3.05) is 32.5 Å². The number of imidazole rings is 1. The zero-order valence-corrected chi connectivity index (χ0v) is 16.9. The average Bonchev–Trinajstić information content (AvgIpc) is 3.05. The first-order valence-electron chi connectivity index (χ1n) is 9.86. The molecule has 0 spiro atoms. The van der Waals surface area contributed by atoms with Gasteiger partial charge in [-0.1, -0.05) is 12.1 Å². The standard InChI is InChI=1S/C21H29N5O2/c1-15-8-6-9-16(14-15)23-21(28)19-24-18(17-10-4-5-13-26(17)19)20(27)22-11-7-12-25(2)3/h6,8-9,14H,4-5,7,10-13H2,1-3H3,(H,22,27)(H,23,28). The van der Waals surface area contributed by atoms with Gasteiger partial charge in [-0.15, -0.1) is 0 Å². The molecule has 2 amide bonds. The average molecular weight is 383 g/mol. The Morgan fingerprint density at radius 1 is 1.21 bits per heavy atom. The zero-order valence-electron chi connectivity index (χ0n) is 16.9. The molecule has 0 bridgehead atoms. The Hall–Kier alpha value is -2.67. The fourth-order valence-electron chi connectivity index (χ4n) is 3.49. The van der Waals surface area contributed by atoms with Gasteiger partial charge < -0.3 is 20.1 Å². The summed E-state index contributed by atoms with van der Waals surface area (Å²) in [6.45, 7) is 4.19. The summed E-state index contributed by atoms with van der Waals surface area (Å²) in [5.41, 5.74) is 3.05. The van der Waals surface area contributed by atoms with Gasteiger partial charge in [-0.3, -0.25) is 9.59 Å². The van der Waals surface area contributed by atoms with Crippen LogP contribution in [0.4, 0.5) is 5.69 Å². The number of amides is 2. The van der Waals surface area contributed by atoms with Crippen LogP contribution in [0.5, 0.6) is 0 Å². The van der Waals surface area contributed by atoms with Gasteiger partial charge in [0.25, 0.3) is 11.8 Å². The molecule has 0 fully saturated rings. The second-order valence-electron chi connectivity index (χ2n) is 7.58. The summed E-state index contributed by atoms with van der Waals surface area (Å²) in [6.07, 6.45) is 3.63. The molecule has 0 aliphatic carbocycles. The monoisotopic (exact) mass is 383 g/mol. The molecule has 1 aliphatic heterocycles. The van der Waals surface area contributed by atoms with Gasteiger partial charge in [-0.05, 0) is 70.9 Å². The van der Waals surface area contributed by atoms with Crippen LogP contribution in [0, 0.1) is 6.92 Å². The third-order valence-corrected chi connectivity index (χ3v) is 4.88. The summed E-state index contributed by atoms with van der Waals surface area (Å²) in [5, 5.41) is 5.85. The fourth-order valence-corrected chi connectivity index (χ4v) is 3.49. The van der Waals surface area contributed by atoms with Crippen LogP contribution < -0.4 is 10.6 Å². The fraction of sp³-hybridized carbons (Fsp3) is 0.476. The number of rotatable bonds is 7. The minimum atomic E-state index is -0.277. The number of hydrogen-bond donors (Lipinski definition) is 2. The van der Waals surface area contributed by atoms with E-state index in [1.165, 1.54) is 0 Å². The van der Waals surface area contributed by atoms with Gasteiger partial charge in [0.1, 0.15) is 5.69 Å². The number of benzene rings is 1. The number of aryl methyl sites for hydroxylation is 1. The van der Waals surface area contributed by atoms with Crippen LogP contribution in [0.2, 0.25) is 0 Å². The summed E-state index contributed by atoms with van der Waals surface area (Å²) >= 11 is 0. The maximum Gasteiger partial charge on any atom is 0.291 e. The van der Waals surface area contributed by atoms with Crippen LogP contribution in [0.15, 0.2) is 24.3 Å². The number of carbonyl (C=O) groups excluding carboxylic acids is 2. The Morgan fingerprint density at radius 3 is 2.79 bits per heavy atom. The van der Waals surface area contributed by atoms with E-state index in [1.54, 1.807) is 0 Å². The molecule has 2 heterocycles. The van der Waals surface area contributed by atoms with Crippen LogP contribution >= 0.6 is 0 Å². The summed E-state index contributed by atoms with van der Waals surface area (Å²) in [6, 6.07) is 7.64. The van der Waals surface area contributed by atoms with E-state index in [1.807, 2.05) is 49.9 Å². The molecule has 1 aromatic heterocycles. The van der Waals surface area contributed by atoms with Gasteiger partial charge in [0.05, 0.1) is 5.69 Å². The highest BCUT2D eigenvalue weighted by atomic mass is 16.2. The number of nitrogens with one attached hydrogen (secondary N) is 2. The Balaban J connectivity index is 1.76. The molecular weight excluding hydrogens is 354 g/mol. The molecule has 2 aromatic rings. The van der Waals surface area contributed by atoms with Gasteiger partial charge in [0, 0.05) is 18.8 Å². The van der Waals surface area contributed by atoms with E-state index in [0.29, 0.717) is 24.6 Å². The summed E-state index contributed by atoms with van der Waals surface area (Å²) in [4.78, 5) is 32.0. The van der Waals surface area contributed by atoms with Crippen molar-refractivity contribution in [2.45, 2.75) is 39.2 Å². The van der Waals surface area contributed by atoms with Crippen LogP contribution in [0.3, 0.4) is 0 Å². The molecule has 7 heteroatoms. The molecule has 0 saturated carbocycles. The Bertz CT molecular complexity index is 856. The minimum absolute atomic E-state index is 0.195. The number of nitrogens with zero attached hydrogens (tertiary/aromatic N) is 3. The van der Waals surface area contributed by atoms with Crippen molar-refractivity contribution in [2.24, 2.45) is 0 Å². The molecule has 1 aromatic carbocycles. The van der Waals surface area contributed by atoms with Crippen molar-refractivity contribution < 1.29 is 9.59 Å². The van der Waals surface area contributed by atoms with E-state index < -0.39 is 0 Å². The van der Waals surface area contributed by atoms with Gasteiger partial charge in [0.15, 0.2) is 5.82 Å². The molecule has 7 nitrogen and oxygen atoms in total. The Labute approximate surface area is 166 Å². The van der Waals surface area contributed by atoms with E-state index in [4.69, 9.17) is 0 Å². The number of hydrogen-bond acceptors (Lipinski definition) is 4. The number of anilines is 1. The highest BCUT2D eigenvalue weighted by Crippen LogP contribution is 2.22. The predicted octanol–water partition coefficient (Wildman–Crippen LogP) is 2.46. The number of aromatic nitrogens is 2. The Kier molecular flexibility index (Phi) is 6.46. The predicted molar refractivity (Wildman–Crippen MR) is 110 cm³/mol. The lowest BCUT2D eigenvalue weighted by atomic mass is 10.1. The molecule has 0 saturated heterocycles. The van der Waals surface area contributed by atoms with Crippen molar-refractivity contribution >= 4 is 17.5 Å². The van der Waals surface area contributed by atoms with Crippen molar-refractivity contribution in [3.8, 4) is 0 Å². The molecule has 28 heavy (non-hydrogen) atoms. The molecule has 150 valence electrons. The van der Waals surface area contributed by atoms with Crippen molar-refractivity contribution in [1.29, 1.82) is 0 Å². The van der Waals surface area contributed by atoms with Crippen molar-refractivity contribution in [3.63, 3.8) is 0 Å². The van der Waals surface area contributed by atoms with Gasteiger partial charge in [-0.25, -0.2) is 4.98 Å². The quantitative estimate of drug-likeness (QED) is 0.720. The summed E-state index contributed by atoms with van der Waals surface area (Å²) in [5.74, 6) is -0.158. The van der Waals surface area contributed by atoms with Gasteiger partial charge in [0.2, 0.25) is 0 Å². The number of carbonyl (C=O) groups is 2. The molecule has 2 N–H and O–H groups in total. The van der Waals surface area contributed by atoms with Crippen LogP contribution in [0.1, 0.15) is 51.6 Å². The first-order chi connectivity index (χ1) is 13.5. The van der Waals surface area contributed by atoms with E-state index in [2.05, 4.69) is 20.5 Å². The molecule has 0 atom stereocenters. The SMILES string of the molecule is Cc1cccc(NC(=O)c2nc(C(=O)NCCCN(C)C)c3n2CCCC3)c1. The van der Waals surface area contributed by atoms with Crippen LogP contribution in [-0.2, 0) is 13.0 Å². The van der Waals surface area contributed by atoms with Gasteiger partial charge >= 0.3 is 0 Å². The zero-order chi connectivity index (χ0) is 20.1. The normalized spacial score (nSPS) is 13.3. The minimum Gasteiger partial charge on any atom is -0.351 e. The highest BCUT2D eigenvalue weighted by molar-refractivity contribution is 6.03.